The number of carbonyl (C=O) groups excluding carboxylic acids is 1. The number of hydrogen-bond acceptors (Lipinski definition) is 10. The first-order chi connectivity index (χ1) is 26.2. The van der Waals surface area contributed by atoms with Gasteiger partial charge in [-0.05, 0) is 50.4 Å². The van der Waals surface area contributed by atoms with E-state index in [0.717, 1.165) is 24.6 Å². The number of anilines is 2. The van der Waals surface area contributed by atoms with Gasteiger partial charge < -0.3 is 20.3 Å². The van der Waals surface area contributed by atoms with Crippen LogP contribution in [0, 0.1) is 23.0 Å². The minimum absolute atomic E-state index is 0.0330. The van der Waals surface area contributed by atoms with Crippen molar-refractivity contribution in [3.8, 4) is 23.2 Å². The summed E-state index contributed by atoms with van der Waals surface area (Å²) in [5, 5.41) is 13.3. The fraction of sp³-hybridized carbons (Fsp3) is 0.432. The second kappa shape index (κ2) is 13.6. The van der Waals surface area contributed by atoms with Crippen LogP contribution in [0.1, 0.15) is 54.1 Å². The fourth-order valence-corrected chi connectivity index (χ4v) is 9.54. The molecule has 3 fully saturated rings. The topological polar surface area (TPSA) is 129 Å². The Morgan fingerprint density at radius 2 is 2.02 bits per heavy atom. The van der Waals surface area contributed by atoms with Crippen LogP contribution in [-0.2, 0) is 13.2 Å². The van der Waals surface area contributed by atoms with E-state index in [9.17, 15) is 14.4 Å². The summed E-state index contributed by atoms with van der Waals surface area (Å²) < 4.78 is 99.9. The highest BCUT2D eigenvalue weighted by Crippen LogP contribution is 2.48. The predicted octanol–water partition coefficient (Wildman–Crippen LogP) is 6.69. The van der Waals surface area contributed by atoms with Crippen molar-refractivity contribution in [1.82, 2.24) is 29.5 Å². The number of alkyl halides is 4. The van der Waals surface area contributed by atoms with Crippen molar-refractivity contribution >= 4 is 49.1 Å². The van der Waals surface area contributed by atoms with Crippen LogP contribution in [0.5, 0.6) is 6.01 Å². The van der Waals surface area contributed by atoms with Gasteiger partial charge in [-0.1, -0.05) is 6.07 Å². The van der Waals surface area contributed by atoms with Crippen LogP contribution in [0.2, 0.25) is 0 Å². The number of amides is 1. The quantitative estimate of drug-likeness (QED) is 0.171. The zero-order chi connectivity index (χ0) is 39.0. The molecule has 0 radical (unpaired) electrons. The monoisotopic (exact) mass is 783 g/mol. The Labute approximate surface area is 314 Å². The van der Waals surface area contributed by atoms with Gasteiger partial charge in [0.05, 0.1) is 33.1 Å². The molecule has 5 aromatic rings. The van der Waals surface area contributed by atoms with Crippen molar-refractivity contribution in [2.45, 2.75) is 56.5 Å². The maximum absolute atomic E-state index is 17.3. The van der Waals surface area contributed by atoms with Gasteiger partial charge in [0.25, 0.3) is 5.91 Å². The van der Waals surface area contributed by atoms with Crippen LogP contribution < -0.4 is 15.4 Å². The van der Waals surface area contributed by atoms with E-state index < -0.39 is 52.2 Å². The van der Waals surface area contributed by atoms with E-state index in [4.69, 9.17) is 10.5 Å². The Kier molecular flexibility index (Phi) is 9.07. The number of hydrogen-bond donors (Lipinski definition) is 1. The number of likely N-dealkylation sites (N-methyl/N-ethyl adjacent to an activating group) is 1. The molecule has 0 aliphatic carbocycles. The second-order valence-corrected chi connectivity index (χ2v) is 15.4. The molecule has 3 unspecified atom stereocenters. The number of rotatable bonds is 8. The van der Waals surface area contributed by atoms with E-state index >= 15 is 22.0 Å². The van der Waals surface area contributed by atoms with Crippen molar-refractivity contribution < 1.29 is 35.9 Å². The Bertz CT molecular complexity index is 2390. The molecule has 18 heteroatoms. The third-order valence-corrected chi connectivity index (χ3v) is 12.1. The van der Waals surface area contributed by atoms with Crippen LogP contribution in [0.25, 0.3) is 32.1 Å². The van der Waals surface area contributed by atoms with Gasteiger partial charge in [0.2, 0.25) is 0 Å². The molecule has 3 aliphatic heterocycles. The molecule has 3 aromatic heterocycles. The summed E-state index contributed by atoms with van der Waals surface area (Å²) in [4.78, 5) is 27.6. The maximum atomic E-state index is 17.3. The molecule has 2 aromatic carbocycles. The average Bonchev–Trinajstić information content (AvgIpc) is 3.97. The number of nitriles is 1. The lowest BCUT2D eigenvalue weighted by atomic mass is 9.92. The van der Waals surface area contributed by atoms with Crippen molar-refractivity contribution in [2.24, 2.45) is 7.05 Å². The van der Waals surface area contributed by atoms with Gasteiger partial charge in [-0.15, -0.1) is 11.3 Å². The minimum Gasteiger partial charge on any atom is -0.461 e. The number of aromatic nitrogens is 4. The van der Waals surface area contributed by atoms with Crippen LogP contribution in [0.4, 0.5) is 37.2 Å². The van der Waals surface area contributed by atoms with Crippen LogP contribution in [-0.4, -0.2) is 92.5 Å². The van der Waals surface area contributed by atoms with Crippen molar-refractivity contribution in [3.05, 3.63) is 58.9 Å². The van der Waals surface area contributed by atoms with Crippen LogP contribution >= 0.6 is 11.3 Å². The summed E-state index contributed by atoms with van der Waals surface area (Å²) >= 11 is 0.676. The minimum atomic E-state index is -5.14. The lowest BCUT2D eigenvalue weighted by Crippen LogP contribution is -2.43. The zero-order valence-electron chi connectivity index (χ0n) is 29.8. The Morgan fingerprint density at radius 1 is 1.22 bits per heavy atom. The molecule has 2 N–H and O–H groups in total. The van der Waals surface area contributed by atoms with Gasteiger partial charge in [0.1, 0.15) is 41.0 Å². The molecule has 288 valence electrons. The van der Waals surface area contributed by atoms with E-state index in [2.05, 4.69) is 15.1 Å². The Balaban J connectivity index is 1.30. The first-order valence-corrected chi connectivity index (χ1v) is 18.6. The molecule has 8 rings (SSSR count). The number of halogens is 6. The van der Waals surface area contributed by atoms with Crippen molar-refractivity contribution in [3.63, 3.8) is 0 Å². The first-order valence-electron chi connectivity index (χ1n) is 17.8. The van der Waals surface area contributed by atoms with Crippen molar-refractivity contribution in [2.75, 3.05) is 50.0 Å². The fourth-order valence-electron chi connectivity index (χ4n) is 8.59. The van der Waals surface area contributed by atoms with Crippen LogP contribution in [0.15, 0.2) is 30.6 Å². The van der Waals surface area contributed by atoms with E-state index in [0.29, 0.717) is 42.8 Å². The molecule has 6 heterocycles. The number of aryl methyl sites for hydroxylation is 1. The van der Waals surface area contributed by atoms with Gasteiger partial charge in [-0.3, -0.25) is 14.4 Å². The third kappa shape index (κ3) is 6.17. The molecule has 55 heavy (non-hydrogen) atoms. The zero-order valence-corrected chi connectivity index (χ0v) is 30.6. The summed E-state index contributed by atoms with van der Waals surface area (Å²) in [5.41, 5.74) is 2.22. The number of thiophene rings is 1. The average molecular weight is 784 g/mol. The summed E-state index contributed by atoms with van der Waals surface area (Å²) in [6.07, 6.45) is -1.05. The normalized spacial score (nSPS) is 21.5. The Hall–Kier alpha value is -5.15. The van der Waals surface area contributed by atoms with Gasteiger partial charge in [0, 0.05) is 68.2 Å². The molecular formula is C37H35F6N9O2S. The van der Waals surface area contributed by atoms with E-state index in [1.165, 1.54) is 10.9 Å². The number of carbonyl (C=O) groups is 1. The summed E-state index contributed by atoms with van der Waals surface area (Å²) in [7, 11) is 1.69. The van der Waals surface area contributed by atoms with Crippen LogP contribution in [0.3, 0.4) is 0 Å². The summed E-state index contributed by atoms with van der Waals surface area (Å²) in [5.74, 6) is -2.53. The molecular weight excluding hydrogens is 749 g/mol. The summed E-state index contributed by atoms with van der Waals surface area (Å²) in [6.45, 7) is 3.39. The predicted molar refractivity (Wildman–Crippen MR) is 193 cm³/mol. The number of nitrogen functional groups attached to an aromatic ring is 1. The van der Waals surface area contributed by atoms with Gasteiger partial charge in [0.15, 0.2) is 5.82 Å². The lowest BCUT2D eigenvalue weighted by molar-refractivity contribution is -0.137. The molecule has 0 bridgehead atoms. The number of likely N-dealkylation sites (tertiary alicyclic amines) is 1. The molecule has 3 atom stereocenters. The molecule has 0 saturated carbocycles. The number of nitrogens with two attached hydrogens (primary N) is 1. The standard InChI is InChI=1S/C37H35F6N9O2S/c1-3-52(21-7-10-50(17-21)34(53)19-14-46-49(2)15-19)33-23-11-25(37(41,42)43)28(22-5-6-26(39)31-27(22)24(13-44)32(45)55-31)29(40)30(23)47-35(48-33)54-18-36-8-4-9-51(36)16-20(38)12-36/h5-6,11,14-15,20-21H,3-4,7-10,12,16-18,45H2,1-2H3. The Morgan fingerprint density at radius 3 is 2.73 bits per heavy atom. The molecule has 3 aliphatic rings. The highest BCUT2D eigenvalue weighted by molar-refractivity contribution is 7.23. The highest BCUT2D eigenvalue weighted by atomic mass is 32.1. The largest absolute Gasteiger partial charge is 0.461 e. The van der Waals surface area contributed by atoms with Crippen molar-refractivity contribution in [1.29, 1.82) is 5.26 Å². The van der Waals surface area contributed by atoms with Gasteiger partial charge in [-0.2, -0.15) is 33.5 Å². The second-order valence-electron chi connectivity index (χ2n) is 14.3. The highest BCUT2D eigenvalue weighted by Gasteiger charge is 2.49. The molecule has 3 saturated heterocycles. The van der Waals surface area contributed by atoms with E-state index in [1.54, 1.807) is 30.0 Å². The van der Waals surface area contributed by atoms with Gasteiger partial charge in [-0.25, -0.2) is 13.2 Å². The maximum Gasteiger partial charge on any atom is 0.417 e. The van der Waals surface area contributed by atoms with E-state index in [-0.39, 0.29) is 82.0 Å². The number of benzene rings is 2. The van der Waals surface area contributed by atoms with Gasteiger partial charge >= 0.3 is 12.2 Å². The van der Waals surface area contributed by atoms with E-state index in [1.807, 2.05) is 11.0 Å². The third-order valence-electron chi connectivity index (χ3n) is 11.1. The summed E-state index contributed by atoms with van der Waals surface area (Å²) in [6, 6.07) is 3.73. The number of fused-ring (bicyclic) bond motifs is 3. The first kappa shape index (κ1) is 36.8. The molecule has 0 spiro atoms. The number of ether oxygens (including phenoxy) is 1. The smallest absolute Gasteiger partial charge is 0.417 e. The molecule has 11 nitrogen and oxygen atoms in total. The molecule has 1 amide bonds. The SMILES string of the molecule is CCN(c1nc(OCC23CCCN2CC(F)C3)nc2c(F)c(-c3ccc(F)c4sc(N)c(C#N)c34)c(C(F)(F)F)cc12)C1CCN(C(=O)c2cnn(C)c2)C1. The number of nitrogens with zero attached hydrogens (tertiary/aromatic N) is 8. The lowest BCUT2D eigenvalue weighted by Gasteiger charge is -2.32.